The van der Waals surface area contributed by atoms with Crippen LogP contribution >= 0.6 is 11.6 Å². The van der Waals surface area contributed by atoms with E-state index in [2.05, 4.69) is 5.32 Å². The van der Waals surface area contributed by atoms with Gasteiger partial charge in [-0.15, -0.1) is 0 Å². The first-order valence-electron chi connectivity index (χ1n) is 9.93. The zero-order valence-corrected chi connectivity index (χ0v) is 17.0. The molecular formula is C20H27ClN2O3S. The van der Waals surface area contributed by atoms with E-state index < -0.39 is 10.0 Å². The number of sulfonamides is 1. The van der Waals surface area contributed by atoms with E-state index in [9.17, 15) is 13.2 Å². The number of piperidine rings is 1. The summed E-state index contributed by atoms with van der Waals surface area (Å²) >= 11 is 5.95. The van der Waals surface area contributed by atoms with E-state index >= 15 is 0 Å². The second-order valence-electron chi connectivity index (χ2n) is 8.35. The van der Waals surface area contributed by atoms with Crippen LogP contribution in [0.15, 0.2) is 24.3 Å². The van der Waals surface area contributed by atoms with Crippen molar-refractivity contribution >= 4 is 27.5 Å². The normalized spacial score (nSPS) is 29.1. The quantitative estimate of drug-likeness (QED) is 0.810. The molecule has 4 rings (SSSR count). The minimum atomic E-state index is -3.39. The fourth-order valence-corrected chi connectivity index (χ4v) is 6.81. The standard InChI is InChI=1S/C20H27ClN2O3S/c21-18-3-1-2-15(11-18)13-27(25,26)23-8-6-16(7-9-23)20(24)22-19-12-14-4-5-17(19)10-14/h1-3,11,14,16-17,19H,4-10,12-13H2,(H,22,24). The van der Waals surface area contributed by atoms with Crippen molar-refractivity contribution in [2.75, 3.05) is 13.1 Å². The van der Waals surface area contributed by atoms with Gasteiger partial charge in [-0.3, -0.25) is 4.79 Å². The second-order valence-corrected chi connectivity index (χ2v) is 10.8. The number of nitrogens with zero attached hydrogens (tertiary/aromatic N) is 1. The van der Waals surface area contributed by atoms with Crippen molar-refractivity contribution in [1.82, 2.24) is 9.62 Å². The van der Waals surface area contributed by atoms with Crippen molar-refractivity contribution in [3.8, 4) is 0 Å². The number of rotatable bonds is 5. The molecule has 2 saturated carbocycles. The molecule has 3 fully saturated rings. The van der Waals surface area contributed by atoms with Crippen molar-refractivity contribution in [2.24, 2.45) is 17.8 Å². The molecular weight excluding hydrogens is 384 g/mol. The van der Waals surface area contributed by atoms with Crippen LogP contribution in [0, 0.1) is 17.8 Å². The number of carbonyl (C=O) groups is 1. The summed E-state index contributed by atoms with van der Waals surface area (Å²) in [5.74, 6) is 1.48. The number of halogens is 1. The molecule has 1 heterocycles. The zero-order valence-electron chi connectivity index (χ0n) is 15.4. The Morgan fingerprint density at radius 1 is 1.15 bits per heavy atom. The maximum absolute atomic E-state index is 12.7. The third-order valence-corrected chi connectivity index (χ3v) is 8.61. The third-order valence-electron chi connectivity index (χ3n) is 6.52. The molecule has 3 aliphatic rings. The molecule has 27 heavy (non-hydrogen) atoms. The highest BCUT2D eigenvalue weighted by molar-refractivity contribution is 7.88. The van der Waals surface area contributed by atoms with Gasteiger partial charge in [-0.05, 0) is 61.6 Å². The van der Waals surface area contributed by atoms with Crippen LogP contribution in [0.3, 0.4) is 0 Å². The summed E-state index contributed by atoms with van der Waals surface area (Å²) in [7, 11) is -3.39. The molecule has 1 aromatic rings. The second kappa shape index (κ2) is 7.72. The summed E-state index contributed by atoms with van der Waals surface area (Å²) < 4.78 is 26.9. The Hall–Kier alpha value is -1.11. The predicted octanol–water partition coefficient (Wildman–Crippen LogP) is 3.19. The zero-order chi connectivity index (χ0) is 19.0. The van der Waals surface area contributed by atoms with Gasteiger partial charge in [-0.2, -0.15) is 0 Å². The maximum atomic E-state index is 12.7. The molecule has 7 heteroatoms. The summed E-state index contributed by atoms with van der Waals surface area (Å²) in [5.41, 5.74) is 0.693. The van der Waals surface area contributed by atoms with Crippen LogP contribution in [0.5, 0.6) is 0 Å². The highest BCUT2D eigenvalue weighted by Gasteiger charge is 2.41. The van der Waals surface area contributed by atoms with Crippen LogP contribution in [0.2, 0.25) is 5.02 Å². The van der Waals surface area contributed by atoms with Gasteiger partial charge in [0.15, 0.2) is 0 Å². The van der Waals surface area contributed by atoms with Crippen molar-refractivity contribution in [3.05, 3.63) is 34.9 Å². The molecule has 1 aliphatic heterocycles. The van der Waals surface area contributed by atoms with Crippen molar-refractivity contribution < 1.29 is 13.2 Å². The minimum Gasteiger partial charge on any atom is -0.353 e. The summed E-state index contributed by atoms with van der Waals surface area (Å²) in [6.45, 7) is 0.829. The number of fused-ring (bicyclic) bond motifs is 2. The minimum absolute atomic E-state index is 0.0461. The van der Waals surface area contributed by atoms with Gasteiger partial charge in [-0.1, -0.05) is 30.2 Å². The molecule has 1 saturated heterocycles. The third kappa shape index (κ3) is 4.33. The van der Waals surface area contributed by atoms with E-state index in [1.165, 1.54) is 23.6 Å². The van der Waals surface area contributed by atoms with Gasteiger partial charge in [0.25, 0.3) is 0 Å². The lowest BCUT2D eigenvalue weighted by Gasteiger charge is -2.32. The lowest BCUT2D eigenvalue weighted by Crippen LogP contribution is -2.46. The average molecular weight is 411 g/mol. The molecule has 0 radical (unpaired) electrons. The van der Waals surface area contributed by atoms with Crippen LogP contribution in [0.4, 0.5) is 0 Å². The van der Waals surface area contributed by atoms with Crippen LogP contribution < -0.4 is 5.32 Å². The van der Waals surface area contributed by atoms with Gasteiger partial charge in [0.1, 0.15) is 0 Å². The smallest absolute Gasteiger partial charge is 0.223 e. The molecule has 2 aliphatic carbocycles. The molecule has 5 nitrogen and oxygen atoms in total. The maximum Gasteiger partial charge on any atom is 0.223 e. The molecule has 1 N–H and O–H groups in total. The summed E-state index contributed by atoms with van der Waals surface area (Å²) in [6, 6.07) is 7.31. The highest BCUT2D eigenvalue weighted by Crippen LogP contribution is 2.44. The molecule has 0 aromatic heterocycles. The van der Waals surface area contributed by atoms with Crippen molar-refractivity contribution in [3.63, 3.8) is 0 Å². The van der Waals surface area contributed by atoms with Gasteiger partial charge in [0.05, 0.1) is 5.75 Å². The monoisotopic (exact) mass is 410 g/mol. The van der Waals surface area contributed by atoms with Crippen LogP contribution in [-0.2, 0) is 20.6 Å². The lowest BCUT2D eigenvalue weighted by atomic mass is 9.93. The van der Waals surface area contributed by atoms with E-state index in [1.807, 2.05) is 0 Å². The fourth-order valence-electron chi connectivity index (χ4n) is 5.05. The topological polar surface area (TPSA) is 66.5 Å². The van der Waals surface area contributed by atoms with E-state index in [1.54, 1.807) is 24.3 Å². The van der Waals surface area contributed by atoms with E-state index in [0.29, 0.717) is 48.5 Å². The molecule has 3 atom stereocenters. The molecule has 0 spiro atoms. The van der Waals surface area contributed by atoms with Gasteiger partial charge in [0.2, 0.25) is 15.9 Å². The van der Waals surface area contributed by atoms with Gasteiger partial charge in [0, 0.05) is 30.1 Å². The first kappa shape index (κ1) is 19.2. The Kier molecular flexibility index (Phi) is 5.50. The summed E-state index contributed by atoms with van der Waals surface area (Å²) in [5, 5.41) is 3.80. The Morgan fingerprint density at radius 3 is 2.56 bits per heavy atom. The van der Waals surface area contributed by atoms with E-state index in [4.69, 9.17) is 11.6 Å². The number of nitrogens with one attached hydrogen (secondary N) is 1. The van der Waals surface area contributed by atoms with Gasteiger partial charge in [-0.25, -0.2) is 12.7 Å². The van der Waals surface area contributed by atoms with Gasteiger partial charge < -0.3 is 5.32 Å². The first-order chi connectivity index (χ1) is 12.9. The average Bonchev–Trinajstić information content (AvgIpc) is 3.24. The van der Waals surface area contributed by atoms with Gasteiger partial charge >= 0.3 is 0 Å². The fraction of sp³-hybridized carbons (Fsp3) is 0.650. The molecule has 3 unspecified atom stereocenters. The number of benzene rings is 1. The Balaban J connectivity index is 1.29. The molecule has 1 amide bonds. The molecule has 2 bridgehead atoms. The van der Waals surface area contributed by atoms with Crippen molar-refractivity contribution in [1.29, 1.82) is 0 Å². The number of carbonyl (C=O) groups excluding carboxylic acids is 1. The lowest BCUT2D eigenvalue weighted by molar-refractivity contribution is -0.127. The Morgan fingerprint density at radius 2 is 1.93 bits per heavy atom. The highest BCUT2D eigenvalue weighted by atomic mass is 35.5. The Labute approximate surface area is 166 Å². The SMILES string of the molecule is O=C(NC1CC2CCC1C2)C1CCN(S(=O)(=O)Cc2cccc(Cl)c2)CC1. The number of hydrogen-bond acceptors (Lipinski definition) is 3. The summed E-state index contributed by atoms with van der Waals surface area (Å²) in [6.07, 6.45) is 6.16. The molecule has 148 valence electrons. The number of amides is 1. The van der Waals surface area contributed by atoms with Crippen LogP contribution in [0.1, 0.15) is 44.1 Å². The predicted molar refractivity (Wildman–Crippen MR) is 106 cm³/mol. The largest absolute Gasteiger partial charge is 0.353 e. The van der Waals surface area contributed by atoms with Crippen LogP contribution in [0.25, 0.3) is 0 Å². The first-order valence-corrected chi connectivity index (χ1v) is 11.9. The Bertz CT molecular complexity index is 805. The van der Waals surface area contributed by atoms with E-state index in [0.717, 1.165) is 12.3 Å². The van der Waals surface area contributed by atoms with E-state index in [-0.39, 0.29) is 17.6 Å². The summed E-state index contributed by atoms with van der Waals surface area (Å²) in [4.78, 5) is 12.6. The number of hydrogen-bond donors (Lipinski definition) is 1. The van der Waals surface area contributed by atoms with Crippen LogP contribution in [-0.4, -0.2) is 37.8 Å². The van der Waals surface area contributed by atoms with Crippen molar-refractivity contribution in [2.45, 2.75) is 50.3 Å². The molecule has 1 aromatic carbocycles.